The number of carbonyl (C=O) groups excluding carboxylic acids is 1. The van der Waals surface area contributed by atoms with Crippen LogP contribution in [0.1, 0.15) is 47.2 Å². The molecule has 2 heterocycles. The number of aromatic nitrogens is 3. The van der Waals surface area contributed by atoms with Crippen LogP contribution in [0.3, 0.4) is 0 Å². The summed E-state index contributed by atoms with van der Waals surface area (Å²) < 4.78 is 9.47. The molecule has 0 spiro atoms. The van der Waals surface area contributed by atoms with Crippen molar-refractivity contribution in [3.05, 3.63) is 46.9 Å². The average Bonchev–Trinajstić information content (AvgIpc) is 3.06. The minimum atomic E-state index is -0.124. The number of amides is 1. The number of aryl methyl sites for hydroxylation is 2. The molecule has 0 aliphatic heterocycles. The van der Waals surface area contributed by atoms with Crippen LogP contribution in [0.4, 0.5) is 0 Å². The molecule has 26 heavy (non-hydrogen) atoms. The summed E-state index contributed by atoms with van der Waals surface area (Å²) in [5, 5.41) is 8.29. The maximum absolute atomic E-state index is 13.1. The standard InChI is InChI=1S/C20H26N4O2/c1-7-26-15-8-9-18-16(10-15)19(14(4)23(18)5)20(25)22-12(2)17-11-21-24(6)13(17)3/h8-12H,7H2,1-6H3,(H,22,25)/t12-/m1/s1. The van der Waals surface area contributed by atoms with Gasteiger partial charge in [-0.3, -0.25) is 9.48 Å². The molecule has 0 saturated carbocycles. The zero-order valence-electron chi connectivity index (χ0n) is 16.3. The predicted molar refractivity (Wildman–Crippen MR) is 103 cm³/mol. The van der Waals surface area contributed by atoms with Crippen molar-refractivity contribution in [3.8, 4) is 5.75 Å². The maximum atomic E-state index is 13.1. The van der Waals surface area contributed by atoms with Crippen molar-refractivity contribution in [2.24, 2.45) is 14.1 Å². The highest BCUT2D eigenvalue weighted by Gasteiger charge is 2.22. The van der Waals surface area contributed by atoms with E-state index in [2.05, 4.69) is 10.4 Å². The molecule has 3 aromatic rings. The highest BCUT2D eigenvalue weighted by molar-refractivity contribution is 6.08. The van der Waals surface area contributed by atoms with Gasteiger partial charge < -0.3 is 14.6 Å². The molecule has 0 saturated heterocycles. The van der Waals surface area contributed by atoms with Crippen LogP contribution in [-0.4, -0.2) is 26.9 Å². The number of benzene rings is 1. The largest absolute Gasteiger partial charge is 0.494 e. The average molecular weight is 354 g/mol. The van der Waals surface area contributed by atoms with Crippen LogP contribution < -0.4 is 10.1 Å². The highest BCUT2D eigenvalue weighted by Crippen LogP contribution is 2.29. The molecule has 0 bridgehead atoms. The number of carbonyl (C=O) groups is 1. The van der Waals surface area contributed by atoms with Gasteiger partial charge in [0.25, 0.3) is 5.91 Å². The first-order chi connectivity index (χ1) is 12.3. The lowest BCUT2D eigenvalue weighted by molar-refractivity contribution is 0.0940. The summed E-state index contributed by atoms with van der Waals surface area (Å²) in [6.07, 6.45) is 1.81. The number of nitrogens with one attached hydrogen (secondary N) is 1. The van der Waals surface area contributed by atoms with Crippen LogP contribution in [0, 0.1) is 13.8 Å². The van der Waals surface area contributed by atoms with E-state index in [1.54, 1.807) is 0 Å². The maximum Gasteiger partial charge on any atom is 0.254 e. The lowest BCUT2D eigenvalue weighted by Gasteiger charge is -2.14. The molecule has 0 aliphatic carbocycles. The molecule has 1 N–H and O–H groups in total. The summed E-state index contributed by atoms with van der Waals surface area (Å²) in [4.78, 5) is 13.1. The summed E-state index contributed by atoms with van der Waals surface area (Å²) in [7, 11) is 3.88. The fraction of sp³-hybridized carbons (Fsp3) is 0.400. The van der Waals surface area contributed by atoms with Crippen molar-refractivity contribution in [2.75, 3.05) is 6.61 Å². The van der Waals surface area contributed by atoms with Crippen LogP contribution in [0.15, 0.2) is 24.4 Å². The quantitative estimate of drug-likeness (QED) is 0.764. The fourth-order valence-electron chi connectivity index (χ4n) is 3.38. The summed E-state index contributed by atoms with van der Waals surface area (Å²) in [5.74, 6) is 0.688. The van der Waals surface area contributed by atoms with Gasteiger partial charge in [-0.05, 0) is 45.9 Å². The van der Waals surface area contributed by atoms with E-state index in [4.69, 9.17) is 4.74 Å². The van der Waals surface area contributed by atoms with Gasteiger partial charge >= 0.3 is 0 Å². The van der Waals surface area contributed by atoms with Crippen LogP contribution in [-0.2, 0) is 14.1 Å². The Morgan fingerprint density at radius 3 is 2.62 bits per heavy atom. The first-order valence-electron chi connectivity index (χ1n) is 8.86. The molecular formula is C20H26N4O2. The fourth-order valence-corrected chi connectivity index (χ4v) is 3.38. The minimum Gasteiger partial charge on any atom is -0.494 e. The molecule has 1 amide bonds. The smallest absolute Gasteiger partial charge is 0.254 e. The summed E-state index contributed by atoms with van der Waals surface area (Å²) in [6, 6.07) is 5.76. The topological polar surface area (TPSA) is 61.1 Å². The molecule has 3 rings (SSSR count). The molecule has 0 fully saturated rings. The van der Waals surface area contributed by atoms with E-state index in [0.29, 0.717) is 12.2 Å². The molecule has 0 aliphatic rings. The number of rotatable bonds is 5. The van der Waals surface area contributed by atoms with Gasteiger partial charge in [-0.1, -0.05) is 0 Å². The molecule has 6 heteroatoms. The second kappa shape index (κ2) is 6.86. The van der Waals surface area contributed by atoms with Crippen molar-refractivity contribution < 1.29 is 9.53 Å². The van der Waals surface area contributed by atoms with Crippen molar-refractivity contribution in [3.63, 3.8) is 0 Å². The molecule has 138 valence electrons. The predicted octanol–water partition coefficient (Wildman–Crippen LogP) is 3.42. The van der Waals surface area contributed by atoms with Crippen molar-refractivity contribution >= 4 is 16.8 Å². The van der Waals surface area contributed by atoms with E-state index in [1.165, 1.54) is 0 Å². The van der Waals surface area contributed by atoms with Gasteiger partial charge in [0, 0.05) is 41.9 Å². The Hall–Kier alpha value is -2.76. The van der Waals surface area contributed by atoms with E-state index >= 15 is 0 Å². The summed E-state index contributed by atoms with van der Waals surface area (Å²) in [6.45, 7) is 8.49. The highest BCUT2D eigenvalue weighted by atomic mass is 16.5. The third-order valence-corrected chi connectivity index (χ3v) is 5.09. The van der Waals surface area contributed by atoms with E-state index in [0.717, 1.165) is 33.6 Å². The van der Waals surface area contributed by atoms with Crippen molar-refractivity contribution in [1.29, 1.82) is 0 Å². The van der Waals surface area contributed by atoms with Gasteiger partial charge in [-0.25, -0.2) is 0 Å². The van der Waals surface area contributed by atoms with Crippen LogP contribution >= 0.6 is 0 Å². The summed E-state index contributed by atoms with van der Waals surface area (Å²) in [5.41, 5.74) is 4.71. The molecule has 1 atom stereocenters. The van der Waals surface area contributed by atoms with E-state index in [9.17, 15) is 4.79 Å². The third kappa shape index (κ3) is 2.96. The number of hydrogen-bond acceptors (Lipinski definition) is 3. The first kappa shape index (κ1) is 18.0. The SMILES string of the molecule is CCOc1ccc2c(c1)c(C(=O)N[C@H](C)c1cnn(C)c1C)c(C)n2C. The molecule has 0 unspecified atom stereocenters. The van der Waals surface area contributed by atoms with E-state index < -0.39 is 0 Å². The Balaban J connectivity index is 1.98. The first-order valence-corrected chi connectivity index (χ1v) is 8.86. The number of hydrogen-bond donors (Lipinski definition) is 1. The van der Waals surface area contributed by atoms with Crippen LogP contribution in [0.2, 0.25) is 0 Å². The van der Waals surface area contributed by atoms with Gasteiger partial charge in [0.2, 0.25) is 0 Å². The molecular weight excluding hydrogens is 328 g/mol. The van der Waals surface area contributed by atoms with Gasteiger partial charge in [-0.2, -0.15) is 5.10 Å². The molecule has 1 aromatic carbocycles. The van der Waals surface area contributed by atoms with E-state index in [-0.39, 0.29) is 11.9 Å². The monoisotopic (exact) mass is 354 g/mol. The second-order valence-corrected chi connectivity index (χ2v) is 6.64. The zero-order chi connectivity index (χ0) is 19.0. The summed E-state index contributed by atoms with van der Waals surface area (Å²) >= 11 is 0. The van der Waals surface area contributed by atoms with Gasteiger partial charge in [0.1, 0.15) is 5.75 Å². The zero-order valence-corrected chi connectivity index (χ0v) is 16.3. The van der Waals surface area contributed by atoms with E-state index in [1.807, 2.05) is 75.4 Å². The van der Waals surface area contributed by atoms with Gasteiger partial charge in [-0.15, -0.1) is 0 Å². The van der Waals surface area contributed by atoms with Crippen molar-refractivity contribution in [2.45, 2.75) is 33.7 Å². The Bertz CT molecular complexity index is 968. The molecule has 6 nitrogen and oxygen atoms in total. The van der Waals surface area contributed by atoms with Crippen LogP contribution in [0.25, 0.3) is 10.9 Å². The second-order valence-electron chi connectivity index (χ2n) is 6.64. The lowest BCUT2D eigenvalue weighted by Crippen LogP contribution is -2.27. The van der Waals surface area contributed by atoms with Gasteiger partial charge in [0.15, 0.2) is 0 Å². The Morgan fingerprint density at radius 1 is 1.27 bits per heavy atom. The lowest BCUT2D eigenvalue weighted by atomic mass is 10.1. The normalized spacial score (nSPS) is 12.4. The number of fused-ring (bicyclic) bond motifs is 1. The number of nitrogens with zero attached hydrogens (tertiary/aromatic N) is 3. The minimum absolute atomic E-state index is 0.0856. The van der Waals surface area contributed by atoms with Crippen LogP contribution in [0.5, 0.6) is 5.75 Å². The number of ether oxygens (including phenoxy) is 1. The van der Waals surface area contributed by atoms with Gasteiger partial charge in [0.05, 0.1) is 24.4 Å². The Morgan fingerprint density at radius 2 is 2.00 bits per heavy atom. The molecule has 2 aromatic heterocycles. The van der Waals surface area contributed by atoms with Crippen molar-refractivity contribution in [1.82, 2.24) is 19.7 Å². The molecule has 0 radical (unpaired) electrons. The Labute approximate surface area is 153 Å². The third-order valence-electron chi connectivity index (χ3n) is 5.09. The Kier molecular flexibility index (Phi) is 4.76.